The maximum atomic E-state index is 6.38. The number of fused-ring (bicyclic) bond motifs is 2. The van der Waals surface area contributed by atoms with Gasteiger partial charge >= 0.3 is 0 Å². The molecule has 2 aromatic carbocycles. The number of hydrogen-bond acceptors (Lipinski definition) is 1. The number of halogens is 1. The molecule has 0 radical (unpaired) electrons. The smallest absolute Gasteiger partial charge is 0.0467 e. The summed E-state index contributed by atoms with van der Waals surface area (Å²) >= 11 is 6.38. The fourth-order valence-electron chi connectivity index (χ4n) is 2.85. The van der Waals surface area contributed by atoms with Crippen molar-refractivity contribution in [2.24, 2.45) is 0 Å². The first-order valence-corrected chi connectivity index (χ1v) is 6.55. The highest BCUT2D eigenvalue weighted by Gasteiger charge is 2.34. The van der Waals surface area contributed by atoms with Crippen molar-refractivity contribution in [1.82, 2.24) is 0 Å². The van der Waals surface area contributed by atoms with Gasteiger partial charge in [-0.05, 0) is 36.2 Å². The van der Waals surface area contributed by atoms with Crippen LogP contribution in [0.3, 0.4) is 0 Å². The molecule has 0 spiro atoms. The van der Waals surface area contributed by atoms with E-state index in [0.29, 0.717) is 0 Å². The third-order valence-electron chi connectivity index (χ3n) is 3.76. The van der Waals surface area contributed by atoms with Gasteiger partial charge in [0.2, 0.25) is 0 Å². The van der Waals surface area contributed by atoms with Gasteiger partial charge in [0.15, 0.2) is 0 Å². The van der Waals surface area contributed by atoms with Gasteiger partial charge < -0.3 is 5.32 Å². The maximum Gasteiger partial charge on any atom is 0.0467 e. The monoisotopic (exact) mass is 257 g/mol. The minimum absolute atomic E-state index is 0.0675. The number of rotatable bonds is 0. The molecule has 0 amide bonds. The molecule has 0 atom stereocenters. The molecule has 1 aliphatic heterocycles. The van der Waals surface area contributed by atoms with E-state index in [1.165, 1.54) is 22.4 Å². The average Bonchev–Trinajstić information content (AvgIpc) is 2.27. The topological polar surface area (TPSA) is 12.0 Å². The lowest BCUT2D eigenvalue weighted by atomic mass is 9.74. The van der Waals surface area contributed by atoms with Gasteiger partial charge in [-0.1, -0.05) is 43.6 Å². The van der Waals surface area contributed by atoms with Crippen LogP contribution in [0.25, 0.3) is 0 Å². The van der Waals surface area contributed by atoms with Crippen LogP contribution in [0.2, 0.25) is 5.02 Å². The summed E-state index contributed by atoms with van der Waals surface area (Å²) in [6.45, 7) is 6.57. The van der Waals surface area contributed by atoms with Gasteiger partial charge in [-0.2, -0.15) is 0 Å². The summed E-state index contributed by atoms with van der Waals surface area (Å²) in [6, 6.07) is 12.6. The lowest BCUT2D eigenvalue weighted by Crippen LogP contribution is -2.26. The van der Waals surface area contributed by atoms with E-state index in [0.717, 1.165) is 10.7 Å². The number of aryl methyl sites for hydroxylation is 1. The zero-order chi connectivity index (χ0) is 12.9. The molecule has 2 aromatic rings. The third kappa shape index (κ3) is 1.54. The van der Waals surface area contributed by atoms with Crippen molar-refractivity contribution < 1.29 is 0 Å². The Labute approximate surface area is 113 Å². The van der Waals surface area contributed by atoms with Crippen LogP contribution in [-0.2, 0) is 5.41 Å². The Balaban J connectivity index is 2.30. The largest absolute Gasteiger partial charge is 0.355 e. The van der Waals surface area contributed by atoms with Crippen molar-refractivity contribution in [2.75, 3.05) is 5.32 Å². The molecule has 1 N–H and O–H groups in total. The summed E-state index contributed by atoms with van der Waals surface area (Å²) in [5, 5.41) is 4.32. The highest BCUT2D eigenvalue weighted by Crippen LogP contribution is 2.48. The van der Waals surface area contributed by atoms with Crippen LogP contribution in [-0.4, -0.2) is 0 Å². The highest BCUT2D eigenvalue weighted by molar-refractivity contribution is 6.32. The Morgan fingerprint density at radius 1 is 1.06 bits per heavy atom. The molecule has 0 fully saturated rings. The Morgan fingerprint density at radius 2 is 1.83 bits per heavy atom. The minimum atomic E-state index is -0.0675. The molecule has 0 bridgehead atoms. The molecule has 1 aliphatic rings. The Morgan fingerprint density at radius 3 is 2.61 bits per heavy atom. The molecular weight excluding hydrogens is 242 g/mol. The second kappa shape index (κ2) is 3.76. The maximum absolute atomic E-state index is 6.38. The van der Waals surface area contributed by atoms with Crippen molar-refractivity contribution in [1.29, 1.82) is 0 Å². The van der Waals surface area contributed by atoms with E-state index in [1.54, 1.807) is 0 Å². The highest BCUT2D eigenvalue weighted by atomic mass is 35.5. The first-order chi connectivity index (χ1) is 8.50. The SMILES string of the molecule is Cc1ccc2c(c1)Nc1cccc(Cl)c1C2(C)C. The summed E-state index contributed by atoms with van der Waals surface area (Å²) in [4.78, 5) is 0. The van der Waals surface area contributed by atoms with E-state index in [-0.39, 0.29) is 5.41 Å². The molecule has 1 heterocycles. The summed E-state index contributed by atoms with van der Waals surface area (Å²) in [7, 11) is 0. The molecule has 92 valence electrons. The number of benzene rings is 2. The molecule has 3 rings (SSSR count). The van der Waals surface area contributed by atoms with E-state index in [1.807, 2.05) is 12.1 Å². The van der Waals surface area contributed by atoms with Crippen LogP contribution < -0.4 is 5.32 Å². The molecule has 0 aliphatic carbocycles. The standard InChI is InChI=1S/C16H16ClN/c1-10-7-8-11-14(9-10)18-13-6-4-5-12(17)15(13)16(11,2)3/h4-9,18H,1-3H3. The zero-order valence-corrected chi connectivity index (χ0v) is 11.6. The molecule has 18 heavy (non-hydrogen) atoms. The quantitative estimate of drug-likeness (QED) is 0.698. The van der Waals surface area contributed by atoms with Crippen LogP contribution in [0.5, 0.6) is 0 Å². The minimum Gasteiger partial charge on any atom is -0.355 e. The van der Waals surface area contributed by atoms with Crippen molar-refractivity contribution >= 4 is 23.0 Å². The summed E-state index contributed by atoms with van der Waals surface area (Å²) in [5.41, 5.74) is 5.99. The molecule has 0 unspecified atom stereocenters. The summed E-state index contributed by atoms with van der Waals surface area (Å²) < 4.78 is 0. The van der Waals surface area contributed by atoms with Gasteiger partial charge in [-0.15, -0.1) is 0 Å². The fraction of sp³-hybridized carbons (Fsp3) is 0.250. The lowest BCUT2D eigenvalue weighted by Gasteiger charge is -2.36. The number of anilines is 2. The Kier molecular flexibility index (Phi) is 2.43. The van der Waals surface area contributed by atoms with E-state index in [4.69, 9.17) is 11.6 Å². The fourth-order valence-corrected chi connectivity index (χ4v) is 3.26. The van der Waals surface area contributed by atoms with Gasteiger partial charge in [-0.3, -0.25) is 0 Å². The van der Waals surface area contributed by atoms with Gasteiger partial charge in [0, 0.05) is 27.4 Å². The first-order valence-electron chi connectivity index (χ1n) is 6.17. The zero-order valence-electron chi connectivity index (χ0n) is 10.8. The van der Waals surface area contributed by atoms with Gasteiger partial charge in [0.25, 0.3) is 0 Å². The van der Waals surface area contributed by atoms with Gasteiger partial charge in [0.05, 0.1) is 0 Å². The van der Waals surface area contributed by atoms with E-state index in [2.05, 4.69) is 50.4 Å². The average molecular weight is 258 g/mol. The van der Waals surface area contributed by atoms with Gasteiger partial charge in [0.1, 0.15) is 0 Å². The molecule has 0 saturated heterocycles. The Hall–Kier alpha value is -1.47. The first kappa shape index (κ1) is 11.6. The van der Waals surface area contributed by atoms with Gasteiger partial charge in [-0.25, -0.2) is 0 Å². The summed E-state index contributed by atoms with van der Waals surface area (Å²) in [5.74, 6) is 0. The van der Waals surface area contributed by atoms with Crippen molar-refractivity contribution in [3.05, 3.63) is 58.1 Å². The molecular formula is C16H16ClN. The molecule has 2 heteroatoms. The predicted octanol–water partition coefficient (Wildman–Crippen LogP) is 5.03. The predicted molar refractivity (Wildman–Crippen MR) is 78.0 cm³/mol. The molecule has 1 nitrogen and oxygen atoms in total. The summed E-state index contributed by atoms with van der Waals surface area (Å²) in [6.07, 6.45) is 0. The normalized spacial score (nSPS) is 15.6. The lowest BCUT2D eigenvalue weighted by molar-refractivity contribution is 0.638. The molecule has 0 saturated carbocycles. The number of hydrogen-bond donors (Lipinski definition) is 1. The second-order valence-corrected chi connectivity index (χ2v) is 5.87. The third-order valence-corrected chi connectivity index (χ3v) is 4.07. The van der Waals surface area contributed by atoms with Crippen LogP contribution in [0.15, 0.2) is 36.4 Å². The second-order valence-electron chi connectivity index (χ2n) is 5.46. The van der Waals surface area contributed by atoms with Crippen LogP contribution in [0, 0.1) is 6.92 Å². The van der Waals surface area contributed by atoms with Crippen molar-refractivity contribution in [2.45, 2.75) is 26.2 Å². The van der Waals surface area contributed by atoms with Crippen LogP contribution >= 0.6 is 11.6 Å². The van der Waals surface area contributed by atoms with Crippen LogP contribution in [0.1, 0.15) is 30.5 Å². The van der Waals surface area contributed by atoms with E-state index in [9.17, 15) is 0 Å². The van der Waals surface area contributed by atoms with Crippen LogP contribution in [0.4, 0.5) is 11.4 Å². The molecule has 0 aromatic heterocycles. The van der Waals surface area contributed by atoms with Crippen molar-refractivity contribution in [3.63, 3.8) is 0 Å². The van der Waals surface area contributed by atoms with Crippen molar-refractivity contribution in [3.8, 4) is 0 Å². The number of nitrogens with one attached hydrogen (secondary N) is 1. The van der Waals surface area contributed by atoms with E-state index < -0.39 is 0 Å². The van der Waals surface area contributed by atoms with E-state index >= 15 is 0 Å². The Bertz CT molecular complexity index is 629.